The van der Waals surface area contributed by atoms with Gasteiger partial charge >= 0.3 is 0 Å². The molecule has 27 heavy (non-hydrogen) atoms. The van der Waals surface area contributed by atoms with Crippen LogP contribution < -0.4 is 10.6 Å². The topological polar surface area (TPSA) is 98.7 Å². The molecule has 1 heterocycles. The standard InChI is InChI=1S/C20H33N3O4/c1-12(2)22-19(26)17-14-9-8-13(3)15(18(25)21-4)16(14)20(27)23(17)10-6-5-7-11-24/h8-9,12-17,24H,5-7,10-11H2,1-4H3,(H,21,25)(H,22,26)/t13-,14+,15-,16+,17+/m1/s1. The first kappa shape index (κ1) is 21.4. The van der Waals surface area contributed by atoms with Gasteiger partial charge in [-0.1, -0.05) is 19.1 Å². The summed E-state index contributed by atoms with van der Waals surface area (Å²) in [6.45, 7) is 6.31. The average Bonchev–Trinajstić information content (AvgIpc) is 2.90. The lowest BCUT2D eigenvalue weighted by molar-refractivity contribution is -0.140. The molecule has 1 aliphatic heterocycles. The van der Waals surface area contributed by atoms with Crippen LogP contribution in [0.1, 0.15) is 40.0 Å². The van der Waals surface area contributed by atoms with Crippen LogP contribution in [0.15, 0.2) is 12.2 Å². The first-order valence-electron chi connectivity index (χ1n) is 9.95. The van der Waals surface area contributed by atoms with Crippen LogP contribution in [-0.4, -0.2) is 60.0 Å². The maximum absolute atomic E-state index is 13.3. The lowest BCUT2D eigenvalue weighted by Crippen LogP contribution is -2.49. The van der Waals surface area contributed by atoms with Crippen molar-refractivity contribution in [3.8, 4) is 0 Å². The third-order valence-electron chi connectivity index (χ3n) is 5.58. The lowest BCUT2D eigenvalue weighted by atomic mass is 9.70. The second-order valence-electron chi connectivity index (χ2n) is 7.91. The van der Waals surface area contributed by atoms with Gasteiger partial charge in [0, 0.05) is 32.2 Å². The van der Waals surface area contributed by atoms with Crippen LogP contribution >= 0.6 is 0 Å². The zero-order valence-electron chi connectivity index (χ0n) is 16.8. The molecule has 1 aliphatic carbocycles. The number of carbonyl (C=O) groups is 3. The number of rotatable bonds is 8. The third-order valence-corrected chi connectivity index (χ3v) is 5.58. The number of unbranched alkanes of at least 4 members (excludes halogenated alkanes) is 2. The van der Waals surface area contributed by atoms with Crippen molar-refractivity contribution in [1.29, 1.82) is 0 Å². The molecule has 0 bridgehead atoms. The first-order valence-corrected chi connectivity index (χ1v) is 9.95. The fourth-order valence-corrected chi connectivity index (χ4v) is 4.34. The van der Waals surface area contributed by atoms with Gasteiger partial charge in [-0.25, -0.2) is 0 Å². The van der Waals surface area contributed by atoms with Crippen LogP contribution in [0.4, 0.5) is 0 Å². The van der Waals surface area contributed by atoms with E-state index in [4.69, 9.17) is 5.11 Å². The van der Waals surface area contributed by atoms with E-state index in [0.717, 1.165) is 12.8 Å². The highest BCUT2D eigenvalue weighted by atomic mass is 16.3. The zero-order valence-corrected chi connectivity index (χ0v) is 16.8. The summed E-state index contributed by atoms with van der Waals surface area (Å²) in [5.41, 5.74) is 0. The van der Waals surface area contributed by atoms with Crippen molar-refractivity contribution in [2.24, 2.45) is 23.7 Å². The minimum atomic E-state index is -0.588. The van der Waals surface area contributed by atoms with E-state index < -0.39 is 17.9 Å². The van der Waals surface area contributed by atoms with Crippen molar-refractivity contribution in [3.63, 3.8) is 0 Å². The van der Waals surface area contributed by atoms with Crippen LogP contribution in [0.25, 0.3) is 0 Å². The first-order chi connectivity index (χ1) is 12.8. The Balaban J connectivity index is 2.32. The summed E-state index contributed by atoms with van der Waals surface area (Å²) in [6.07, 6.45) is 6.10. The molecule has 0 aromatic heterocycles. The molecule has 1 fully saturated rings. The molecule has 0 radical (unpaired) electrons. The SMILES string of the molecule is CNC(=O)[C@H]1[C@H]2C(=O)N(CCCCCO)[C@H](C(=O)NC(C)C)[C@H]2C=C[C@H]1C. The number of amides is 3. The largest absolute Gasteiger partial charge is 0.396 e. The van der Waals surface area contributed by atoms with Gasteiger partial charge in [0.1, 0.15) is 6.04 Å². The van der Waals surface area contributed by atoms with Crippen molar-refractivity contribution in [2.75, 3.05) is 20.2 Å². The van der Waals surface area contributed by atoms with Crippen LogP contribution in [0, 0.1) is 23.7 Å². The predicted molar refractivity (Wildman–Crippen MR) is 103 cm³/mol. The molecule has 0 aromatic carbocycles. The van der Waals surface area contributed by atoms with Crippen molar-refractivity contribution in [1.82, 2.24) is 15.5 Å². The molecular weight excluding hydrogens is 346 g/mol. The Hall–Kier alpha value is -1.89. The van der Waals surface area contributed by atoms with Gasteiger partial charge in [0.15, 0.2) is 0 Å². The Labute approximate surface area is 161 Å². The molecule has 7 nitrogen and oxygen atoms in total. The Morgan fingerprint density at radius 1 is 1.19 bits per heavy atom. The van der Waals surface area contributed by atoms with Crippen LogP contribution in [-0.2, 0) is 14.4 Å². The summed E-state index contributed by atoms with van der Waals surface area (Å²) in [4.78, 5) is 40.3. The number of nitrogens with one attached hydrogen (secondary N) is 2. The van der Waals surface area contributed by atoms with Gasteiger partial charge in [0.25, 0.3) is 0 Å². The number of carbonyl (C=O) groups excluding carboxylic acids is 3. The molecule has 3 N–H and O–H groups in total. The van der Waals surface area contributed by atoms with E-state index in [9.17, 15) is 14.4 Å². The molecule has 1 saturated heterocycles. The van der Waals surface area contributed by atoms with Gasteiger partial charge in [-0.05, 0) is 39.0 Å². The van der Waals surface area contributed by atoms with Crippen molar-refractivity contribution >= 4 is 17.7 Å². The number of likely N-dealkylation sites (tertiary alicyclic amines) is 1. The fraction of sp³-hybridized carbons (Fsp3) is 0.750. The molecule has 2 rings (SSSR count). The minimum absolute atomic E-state index is 0.0240. The Kier molecular flexibility index (Phi) is 7.41. The highest BCUT2D eigenvalue weighted by molar-refractivity contribution is 5.96. The van der Waals surface area contributed by atoms with E-state index >= 15 is 0 Å². The van der Waals surface area contributed by atoms with E-state index in [1.165, 1.54) is 0 Å². The molecule has 2 aliphatic rings. The Morgan fingerprint density at radius 2 is 1.89 bits per heavy atom. The Morgan fingerprint density at radius 3 is 2.48 bits per heavy atom. The highest BCUT2D eigenvalue weighted by Crippen LogP contribution is 2.44. The number of allylic oxidation sites excluding steroid dienone is 1. The number of hydrogen-bond acceptors (Lipinski definition) is 4. The number of aliphatic hydroxyl groups excluding tert-OH is 1. The van der Waals surface area contributed by atoms with Crippen LogP contribution in [0.5, 0.6) is 0 Å². The summed E-state index contributed by atoms with van der Waals surface area (Å²) < 4.78 is 0. The minimum Gasteiger partial charge on any atom is -0.396 e. The highest BCUT2D eigenvalue weighted by Gasteiger charge is 2.56. The van der Waals surface area contributed by atoms with Crippen molar-refractivity contribution < 1.29 is 19.5 Å². The number of nitrogens with zero attached hydrogens (tertiary/aromatic N) is 1. The fourth-order valence-electron chi connectivity index (χ4n) is 4.34. The maximum atomic E-state index is 13.3. The van der Waals surface area contributed by atoms with Gasteiger partial charge in [-0.3, -0.25) is 14.4 Å². The van der Waals surface area contributed by atoms with E-state index in [1.807, 2.05) is 32.9 Å². The van der Waals surface area contributed by atoms with E-state index in [-0.39, 0.29) is 42.2 Å². The zero-order chi connectivity index (χ0) is 20.1. The number of hydrogen-bond donors (Lipinski definition) is 3. The lowest BCUT2D eigenvalue weighted by Gasteiger charge is -2.32. The quantitative estimate of drug-likeness (QED) is 0.427. The van der Waals surface area contributed by atoms with Gasteiger partial charge in [0.05, 0.1) is 11.8 Å². The molecule has 0 saturated carbocycles. The molecule has 5 atom stereocenters. The van der Waals surface area contributed by atoms with Gasteiger partial charge in [0.2, 0.25) is 17.7 Å². The summed E-state index contributed by atoms with van der Waals surface area (Å²) in [7, 11) is 1.58. The Bertz CT molecular complexity index is 590. The van der Waals surface area contributed by atoms with Gasteiger partial charge in [-0.2, -0.15) is 0 Å². The predicted octanol–water partition coefficient (Wildman–Crippen LogP) is 0.685. The normalized spacial score (nSPS) is 29.8. The van der Waals surface area contributed by atoms with E-state index in [2.05, 4.69) is 10.6 Å². The number of aliphatic hydroxyl groups is 1. The monoisotopic (exact) mass is 379 g/mol. The molecule has 0 spiro atoms. The van der Waals surface area contributed by atoms with Crippen molar-refractivity contribution in [3.05, 3.63) is 12.2 Å². The second kappa shape index (κ2) is 9.35. The van der Waals surface area contributed by atoms with Crippen LogP contribution in [0.3, 0.4) is 0 Å². The smallest absolute Gasteiger partial charge is 0.243 e. The molecule has 0 unspecified atom stereocenters. The molecule has 3 amide bonds. The van der Waals surface area contributed by atoms with E-state index in [1.54, 1.807) is 11.9 Å². The van der Waals surface area contributed by atoms with Crippen LogP contribution in [0.2, 0.25) is 0 Å². The number of fused-ring (bicyclic) bond motifs is 1. The third kappa shape index (κ3) is 4.51. The molecule has 7 heteroatoms. The molecule has 152 valence electrons. The van der Waals surface area contributed by atoms with Gasteiger partial charge in [-0.15, -0.1) is 0 Å². The summed E-state index contributed by atoms with van der Waals surface area (Å²) in [5.74, 6) is -1.76. The summed E-state index contributed by atoms with van der Waals surface area (Å²) >= 11 is 0. The van der Waals surface area contributed by atoms with E-state index in [0.29, 0.717) is 13.0 Å². The van der Waals surface area contributed by atoms with Crippen molar-refractivity contribution in [2.45, 2.75) is 52.1 Å². The molecular formula is C20H33N3O4. The summed E-state index contributed by atoms with van der Waals surface area (Å²) in [6, 6.07) is -0.612. The molecule has 0 aromatic rings. The average molecular weight is 380 g/mol. The second-order valence-corrected chi connectivity index (χ2v) is 7.91. The van der Waals surface area contributed by atoms with Gasteiger partial charge < -0.3 is 20.6 Å². The maximum Gasteiger partial charge on any atom is 0.243 e. The summed E-state index contributed by atoms with van der Waals surface area (Å²) in [5, 5.41) is 14.6.